The van der Waals surface area contributed by atoms with Gasteiger partial charge in [0.05, 0.1) is 0 Å². The summed E-state index contributed by atoms with van der Waals surface area (Å²) in [4.78, 5) is 2.34. The first kappa shape index (κ1) is 35.2. The molecular weight excluding hydrogens is 727 g/mol. The number of hydrogen-bond donors (Lipinski definition) is 0. The highest BCUT2D eigenvalue weighted by Crippen LogP contribution is 2.45. The van der Waals surface area contributed by atoms with E-state index in [2.05, 4.69) is 229 Å². The number of hydrogen-bond acceptors (Lipinski definition) is 2. The summed E-state index contributed by atoms with van der Waals surface area (Å²) in [6.07, 6.45) is 0. The van der Waals surface area contributed by atoms with Gasteiger partial charge in [-0.1, -0.05) is 182 Å². The van der Waals surface area contributed by atoms with Crippen LogP contribution in [0.2, 0.25) is 0 Å². The van der Waals surface area contributed by atoms with Crippen LogP contribution in [0, 0.1) is 0 Å². The molecule has 0 amide bonds. The summed E-state index contributed by atoms with van der Waals surface area (Å²) in [6, 6.07) is 84.9. The first-order valence-corrected chi connectivity index (χ1v) is 20.5. The van der Waals surface area contributed by atoms with E-state index < -0.39 is 0 Å². The molecule has 0 saturated carbocycles. The average Bonchev–Trinajstić information content (AvgIpc) is 3.70. The lowest BCUT2D eigenvalue weighted by Gasteiger charge is -2.26. The molecule has 0 spiro atoms. The van der Waals surface area contributed by atoms with Crippen molar-refractivity contribution in [1.82, 2.24) is 0 Å². The highest BCUT2D eigenvalue weighted by atomic mass is 16.3. The normalized spacial score (nSPS) is 11.3. The summed E-state index contributed by atoms with van der Waals surface area (Å²) < 4.78 is 6.44. The Kier molecular flexibility index (Phi) is 8.87. The van der Waals surface area contributed by atoms with Crippen LogP contribution in [-0.2, 0) is 0 Å². The molecule has 0 N–H and O–H groups in total. The number of furan rings is 1. The largest absolute Gasteiger partial charge is 0.456 e. The lowest BCUT2D eigenvalue weighted by atomic mass is 9.84. The van der Waals surface area contributed by atoms with Crippen LogP contribution in [0.3, 0.4) is 0 Å². The number of rotatable bonds is 8. The summed E-state index contributed by atoms with van der Waals surface area (Å²) in [5.74, 6) is 0. The van der Waals surface area contributed by atoms with Crippen LogP contribution in [0.1, 0.15) is 0 Å². The van der Waals surface area contributed by atoms with Gasteiger partial charge in [-0.25, -0.2) is 0 Å². The number of anilines is 3. The Morgan fingerprint density at radius 2 is 0.783 bits per heavy atom. The Morgan fingerprint density at radius 3 is 1.57 bits per heavy atom. The minimum atomic E-state index is 0.862. The Labute approximate surface area is 349 Å². The average molecular weight is 766 g/mol. The number of para-hydroxylation sites is 1. The van der Waals surface area contributed by atoms with Crippen molar-refractivity contribution in [3.05, 3.63) is 237 Å². The monoisotopic (exact) mass is 765 g/mol. The summed E-state index contributed by atoms with van der Waals surface area (Å²) in [5, 5.41) is 4.69. The second kappa shape index (κ2) is 15.1. The van der Waals surface area contributed by atoms with Crippen molar-refractivity contribution >= 4 is 49.8 Å². The van der Waals surface area contributed by atoms with Gasteiger partial charge in [0.2, 0.25) is 0 Å². The van der Waals surface area contributed by atoms with Gasteiger partial charge in [0.25, 0.3) is 0 Å². The van der Waals surface area contributed by atoms with Crippen molar-refractivity contribution in [2.45, 2.75) is 0 Å². The van der Waals surface area contributed by atoms with Crippen LogP contribution in [0.5, 0.6) is 0 Å². The Hall–Kier alpha value is -7.94. The summed E-state index contributed by atoms with van der Waals surface area (Å²) in [6.45, 7) is 0. The molecule has 2 heteroatoms. The fourth-order valence-electron chi connectivity index (χ4n) is 8.80. The molecular formula is C58H39NO. The third-order valence-corrected chi connectivity index (χ3v) is 11.7. The second-order valence-corrected chi connectivity index (χ2v) is 15.3. The number of benzene rings is 10. The number of fused-ring (bicyclic) bond motifs is 4. The highest BCUT2D eigenvalue weighted by Gasteiger charge is 2.20. The van der Waals surface area contributed by atoms with Crippen molar-refractivity contribution < 1.29 is 4.42 Å². The van der Waals surface area contributed by atoms with Crippen molar-refractivity contribution in [1.29, 1.82) is 0 Å². The van der Waals surface area contributed by atoms with Crippen LogP contribution in [0.4, 0.5) is 17.1 Å². The molecule has 1 aromatic heterocycles. The van der Waals surface area contributed by atoms with Crippen LogP contribution in [0.25, 0.3) is 88.3 Å². The van der Waals surface area contributed by atoms with E-state index in [1.165, 1.54) is 55.3 Å². The lowest BCUT2D eigenvalue weighted by molar-refractivity contribution is 0.669. The molecule has 0 atom stereocenters. The standard InChI is InChI=1S/C58H39NO/c1-3-16-41(17-4-1)50-23-9-10-25-55(50)58-51(42-18-5-2-6-19-42)26-14-27-52(58)43-31-33-47(34-32-43)59(49-35-36-54-53-24-11-12-28-56(53)60-57(54)39-49)48-22-13-21-45(38-48)46-30-29-40-15-7-8-20-44(40)37-46/h1-39H. The van der Waals surface area contributed by atoms with Crippen molar-refractivity contribution in [3.63, 3.8) is 0 Å². The molecule has 10 aromatic carbocycles. The molecule has 11 aromatic rings. The summed E-state index contributed by atoms with van der Waals surface area (Å²) >= 11 is 0. The van der Waals surface area contributed by atoms with E-state index in [0.717, 1.165) is 50.1 Å². The fourth-order valence-corrected chi connectivity index (χ4v) is 8.80. The Balaban J connectivity index is 1.07. The van der Waals surface area contributed by atoms with E-state index in [1.54, 1.807) is 0 Å². The minimum Gasteiger partial charge on any atom is -0.456 e. The van der Waals surface area contributed by atoms with Gasteiger partial charge < -0.3 is 9.32 Å². The molecule has 0 aliphatic rings. The molecule has 0 aliphatic heterocycles. The van der Waals surface area contributed by atoms with Gasteiger partial charge in [0, 0.05) is 33.9 Å². The van der Waals surface area contributed by atoms with Gasteiger partial charge in [-0.15, -0.1) is 0 Å². The quantitative estimate of drug-likeness (QED) is 0.153. The van der Waals surface area contributed by atoms with Gasteiger partial charge in [-0.05, 0) is 115 Å². The van der Waals surface area contributed by atoms with Crippen molar-refractivity contribution in [2.24, 2.45) is 0 Å². The van der Waals surface area contributed by atoms with E-state index in [1.807, 2.05) is 12.1 Å². The smallest absolute Gasteiger partial charge is 0.137 e. The van der Waals surface area contributed by atoms with E-state index in [4.69, 9.17) is 4.42 Å². The van der Waals surface area contributed by atoms with Crippen LogP contribution in [-0.4, -0.2) is 0 Å². The minimum absolute atomic E-state index is 0.862. The van der Waals surface area contributed by atoms with Gasteiger partial charge in [0.15, 0.2) is 0 Å². The molecule has 11 rings (SSSR count). The van der Waals surface area contributed by atoms with Crippen LogP contribution < -0.4 is 4.90 Å². The molecule has 1 heterocycles. The highest BCUT2D eigenvalue weighted by molar-refractivity contribution is 6.06. The predicted molar refractivity (Wildman–Crippen MR) is 253 cm³/mol. The predicted octanol–water partition coefficient (Wildman–Crippen LogP) is 16.5. The first-order valence-electron chi connectivity index (χ1n) is 20.5. The zero-order valence-electron chi connectivity index (χ0n) is 32.9. The van der Waals surface area contributed by atoms with E-state index in [-0.39, 0.29) is 0 Å². The molecule has 0 saturated heterocycles. The number of nitrogens with zero attached hydrogens (tertiary/aromatic N) is 1. The van der Waals surface area contributed by atoms with Gasteiger partial charge >= 0.3 is 0 Å². The maximum absolute atomic E-state index is 6.44. The Bertz CT molecular complexity index is 3310. The first-order chi connectivity index (χ1) is 29.7. The molecule has 2 nitrogen and oxygen atoms in total. The zero-order valence-corrected chi connectivity index (χ0v) is 32.9. The van der Waals surface area contributed by atoms with Crippen LogP contribution in [0.15, 0.2) is 241 Å². The topological polar surface area (TPSA) is 16.4 Å². The third kappa shape index (κ3) is 6.41. The maximum atomic E-state index is 6.44. The Morgan fingerprint density at radius 1 is 0.267 bits per heavy atom. The third-order valence-electron chi connectivity index (χ3n) is 11.7. The molecule has 0 unspecified atom stereocenters. The fraction of sp³-hybridized carbons (Fsp3) is 0. The molecule has 282 valence electrons. The molecule has 0 bridgehead atoms. The summed E-state index contributed by atoms with van der Waals surface area (Å²) in [7, 11) is 0. The SMILES string of the molecule is c1ccc(-c2ccccc2-c2c(-c3ccccc3)cccc2-c2ccc(N(c3cccc(-c4ccc5ccccc5c4)c3)c3ccc4c(c3)oc3ccccc34)cc2)cc1. The van der Waals surface area contributed by atoms with Crippen molar-refractivity contribution in [2.75, 3.05) is 4.90 Å². The van der Waals surface area contributed by atoms with E-state index in [9.17, 15) is 0 Å². The lowest BCUT2D eigenvalue weighted by Crippen LogP contribution is -2.10. The van der Waals surface area contributed by atoms with E-state index >= 15 is 0 Å². The zero-order chi connectivity index (χ0) is 39.8. The van der Waals surface area contributed by atoms with Gasteiger partial charge in [0.1, 0.15) is 11.2 Å². The molecule has 0 aliphatic carbocycles. The molecule has 0 fully saturated rings. The second-order valence-electron chi connectivity index (χ2n) is 15.3. The van der Waals surface area contributed by atoms with E-state index in [0.29, 0.717) is 0 Å². The molecule has 0 radical (unpaired) electrons. The van der Waals surface area contributed by atoms with Gasteiger partial charge in [-0.2, -0.15) is 0 Å². The molecule has 60 heavy (non-hydrogen) atoms. The van der Waals surface area contributed by atoms with Crippen LogP contribution >= 0.6 is 0 Å². The van der Waals surface area contributed by atoms with Gasteiger partial charge in [-0.3, -0.25) is 0 Å². The summed E-state index contributed by atoms with van der Waals surface area (Å²) in [5.41, 5.74) is 16.8. The van der Waals surface area contributed by atoms with Crippen molar-refractivity contribution in [3.8, 4) is 55.6 Å². The maximum Gasteiger partial charge on any atom is 0.137 e.